The lowest BCUT2D eigenvalue weighted by Crippen LogP contribution is -2.57. The van der Waals surface area contributed by atoms with Gasteiger partial charge in [-0.1, -0.05) is 0 Å². The van der Waals surface area contributed by atoms with Gasteiger partial charge in [0.2, 0.25) is 0 Å². The minimum Gasteiger partial charge on any atom is -0.463 e. The van der Waals surface area contributed by atoms with E-state index in [0.29, 0.717) is 38.5 Å². The van der Waals surface area contributed by atoms with Gasteiger partial charge in [-0.25, -0.2) is 18.0 Å². The number of nitrogens with zero attached hydrogens (tertiary/aromatic N) is 5. The van der Waals surface area contributed by atoms with Gasteiger partial charge in [-0.2, -0.15) is 9.97 Å². The zero-order chi connectivity index (χ0) is 28.4. The van der Waals surface area contributed by atoms with Gasteiger partial charge >= 0.3 is 12.1 Å². The zero-order valence-corrected chi connectivity index (χ0v) is 24.6. The van der Waals surface area contributed by atoms with Crippen LogP contribution in [0.2, 0.25) is 0 Å². The fraction of sp³-hybridized carbons (Fsp3) is 0.679. The number of amides is 1. The van der Waals surface area contributed by atoms with Crippen LogP contribution in [0.3, 0.4) is 0 Å². The van der Waals surface area contributed by atoms with Crippen LogP contribution in [0, 0.1) is 17.0 Å². The number of ether oxygens (including phenoxy) is 2. The number of halogens is 4. The van der Waals surface area contributed by atoms with Crippen molar-refractivity contribution >= 4 is 38.7 Å². The molecule has 4 aliphatic rings. The first-order valence-corrected chi connectivity index (χ1v) is 14.8. The lowest BCUT2D eigenvalue weighted by atomic mass is 10.1. The summed E-state index contributed by atoms with van der Waals surface area (Å²) in [6, 6.07) is 1.05. The van der Waals surface area contributed by atoms with Crippen LogP contribution in [0.1, 0.15) is 52.9 Å². The molecular formula is C28H35BrF3N5O3. The van der Waals surface area contributed by atoms with E-state index < -0.39 is 23.4 Å². The second kappa shape index (κ2) is 10.2. The molecule has 4 fully saturated rings. The first-order chi connectivity index (χ1) is 18.9. The van der Waals surface area contributed by atoms with Gasteiger partial charge in [0.25, 0.3) is 0 Å². The lowest BCUT2D eigenvalue weighted by Gasteiger charge is -2.42. The molecule has 1 aliphatic carbocycles. The van der Waals surface area contributed by atoms with Gasteiger partial charge in [0, 0.05) is 43.5 Å². The van der Waals surface area contributed by atoms with Gasteiger partial charge in [-0.05, 0) is 74.9 Å². The molecule has 0 spiro atoms. The molecule has 12 heteroatoms. The van der Waals surface area contributed by atoms with Crippen molar-refractivity contribution in [2.45, 2.75) is 76.7 Å². The Morgan fingerprint density at radius 3 is 2.42 bits per heavy atom. The molecule has 1 aromatic carbocycles. The number of anilines is 1. The van der Waals surface area contributed by atoms with Crippen LogP contribution in [0.15, 0.2) is 10.5 Å². The maximum atomic E-state index is 15.3. The Morgan fingerprint density at radius 1 is 1.12 bits per heavy atom. The molecule has 3 atom stereocenters. The van der Waals surface area contributed by atoms with Gasteiger partial charge in [0.1, 0.15) is 28.9 Å². The van der Waals surface area contributed by atoms with Crippen molar-refractivity contribution in [3.05, 3.63) is 22.2 Å². The number of carbonyl (C=O) groups excluding carboxylic acids is 1. The van der Waals surface area contributed by atoms with Gasteiger partial charge in [0.05, 0.1) is 23.2 Å². The molecule has 3 aliphatic heterocycles. The monoisotopic (exact) mass is 625 g/mol. The van der Waals surface area contributed by atoms with Crippen LogP contribution in [0.5, 0.6) is 6.01 Å². The number of rotatable bonds is 6. The van der Waals surface area contributed by atoms with E-state index in [4.69, 9.17) is 9.47 Å². The van der Waals surface area contributed by atoms with Crippen LogP contribution in [-0.4, -0.2) is 89.0 Å². The van der Waals surface area contributed by atoms with E-state index in [1.54, 1.807) is 4.90 Å². The molecule has 0 N–H and O–H groups in total. The fourth-order valence-electron chi connectivity index (χ4n) is 6.28. The Bertz CT molecular complexity index is 1310. The first kappa shape index (κ1) is 27.8. The van der Waals surface area contributed by atoms with E-state index in [1.165, 1.54) is 6.07 Å². The van der Waals surface area contributed by atoms with Crippen molar-refractivity contribution in [3.8, 4) is 6.01 Å². The third kappa shape index (κ3) is 5.45. The molecule has 0 radical (unpaired) electrons. The molecule has 218 valence electrons. The van der Waals surface area contributed by atoms with Crippen LogP contribution in [0.4, 0.5) is 23.8 Å². The molecule has 2 unspecified atom stereocenters. The Labute approximate surface area is 240 Å². The number of fused-ring (bicyclic) bond motifs is 3. The number of aromatic nitrogens is 2. The molecule has 1 amide bonds. The number of benzene rings is 1. The largest absolute Gasteiger partial charge is 0.463 e. The minimum absolute atomic E-state index is 0.0258. The molecule has 3 saturated heterocycles. The van der Waals surface area contributed by atoms with E-state index in [2.05, 4.69) is 30.8 Å². The summed E-state index contributed by atoms with van der Waals surface area (Å²) in [5, 5.41) is 0.253. The van der Waals surface area contributed by atoms with E-state index in [1.807, 2.05) is 25.7 Å². The van der Waals surface area contributed by atoms with Crippen molar-refractivity contribution in [1.29, 1.82) is 0 Å². The number of hydrogen-bond donors (Lipinski definition) is 0. The van der Waals surface area contributed by atoms with E-state index >= 15 is 4.39 Å². The maximum Gasteiger partial charge on any atom is 0.410 e. The quantitative estimate of drug-likeness (QED) is 0.395. The highest BCUT2D eigenvalue weighted by molar-refractivity contribution is 9.10. The zero-order valence-electron chi connectivity index (χ0n) is 23.1. The Hall–Kier alpha value is -2.34. The highest BCUT2D eigenvalue weighted by Crippen LogP contribution is 2.47. The molecule has 6 rings (SSSR count). The number of alkyl halides is 1. The summed E-state index contributed by atoms with van der Waals surface area (Å²) >= 11 is 3.00. The predicted molar refractivity (Wildman–Crippen MR) is 147 cm³/mol. The molecule has 1 aromatic heterocycles. The molecule has 40 heavy (non-hydrogen) atoms. The summed E-state index contributed by atoms with van der Waals surface area (Å²) in [5.41, 5.74) is -0.727. The lowest BCUT2D eigenvalue weighted by molar-refractivity contribution is 0.0123. The summed E-state index contributed by atoms with van der Waals surface area (Å²) in [6.45, 7) is 8.69. The molecular weight excluding hydrogens is 591 g/mol. The van der Waals surface area contributed by atoms with Crippen LogP contribution in [0.25, 0.3) is 10.9 Å². The number of piperazine rings is 1. The van der Waals surface area contributed by atoms with Crippen LogP contribution >= 0.6 is 15.9 Å². The molecule has 4 heterocycles. The molecule has 8 nitrogen and oxygen atoms in total. The topological polar surface area (TPSA) is 71.0 Å². The summed E-state index contributed by atoms with van der Waals surface area (Å²) in [7, 11) is 0. The average molecular weight is 627 g/mol. The standard InChI is InChI=1S/C28H35BrF3N5O3/c1-27(2,3)40-26(38)37-17-4-5-18(37)13-36(12-17)24-19-10-20(31)21(29)22(32)23(19)33-25(34-24)39-15-28(7-8-28)14-35-9-6-16(30)11-35/h10,16-18H,4-9,11-15H2,1-3H3/t16-,17?,18?/m1/s1. The van der Waals surface area contributed by atoms with Gasteiger partial charge in [-0.15, -0.1) is 0 Å². The summed E-state index contributed by atoms with van der Waals surface area (Å²) in [5.74, 6) is -1.17. The summed E-state index contributed by atoms with van der Waals surface area (Å²) in [4.78, 5) is 27.9. The van der Waals surface area contributed by atoms with Crippen LogP contribution in [-0.2, 0) is 4.74 Å². The van der Waals surface area contributed by atoms with Gasteiger partial charge in [0.15, 0.2) is 5.82 Å². The Kier molecular flexibility index (Phi) is 7.08. The van der Waals surface area contributed by atoms with Gasteiger partial charge < -0.3 is 14.4 Å². The number of likely N-dealkylation sites (tertiary alicyclic amines) is 1. The minimum atomic E-state index is -0.814. The molecule has 2 bridgehead atoms. The highest BCUT2D eigenvalue weighted by atomic mass is 79.9. The summed E-state index contributed by atoms with van der Waals surface area (Å²) < 4.78 is 55.1. The average Bonchev–Trinajstić information content (AvgIpc) is 3.44. The van der Waals surface area contributed by atoms with E-state index in [0.717, 1.165) is 38.8 Å². The van der Waals surface area contributed by atoms with Crippen molar-refractivity contribution in [2.75, 3.05) is 44.2 Å². The summed E-state index contributed by atoms with van der Waals surface area (Å²) in [6.07, 6.45) is 2.96. The Morgan fingerprint density at radius 2 is 1.82 bits per heavy atom. The van der Waals surface area contributed by atoms with Crippen molar-refractivity contribution < 1.29 is 27.4 Å². The Balaban J connectivity index is 1.26. The predicted octanol–water partition coefficient (Wildman–Crippen LogP) is 5.46. The first-order valence-electron chi connectivity index (χ1n) is 14.0. The van der Waals surface area contributed by atoms with Gasteiger partial charge in [-0.3, -0.25) is 9.80 Å². The number of carbonyl (C=O) groups is 1. The third-order valence-electron chi connectivity index (χ3n) is 8.41. The smallest absolute Gasteiger partial charge is 0.410 e. The third-order valence-corrected chi connectivity index (χ3v) is 9.14. The van der Waals surface area contributed by atoms with E-state index in [-0.39, 0.29) is 45.0 Å². The SMILES string of the molecule is CC(C)(C)OC(=O)N1C2CCC1CN(c1nc(OCC3(CN4CC[C@@H](F)C4)CC3)nc3c(F)c(Br)c(F)cc13)C2. The van der Waals surface area contributed by atoms with Crippen molar-refractivity contribution in [3.63, 3.8) is 0 Å². The van der Waals surface area contributed by atoms with Crippen molar-refractivity contribution in [1.82, 2.24) is 19.8 Å². The van der Waals surface area contributed by atoms with E-state index in [9.17, 15) is 13.6 Å². The van der Waals surface area contributed by atoms with Crippen LogP contribution < -0.4 is 9.64 Å². The highest BCUT2D eigenvalue weighted by Gasteiger charge is 2.47. The fourth-order valence-corrected chi connectivity index (χ4v) is 6.58. The second-order valence-corrected chi connectivity index (χ2v) is 13.6. The maximum absolute atomic E-state index is 15.3. The molecule has 2 aromatic rings. The number of hydrogen-bond acceptors (Lipinski definition) is 7. The normalized spacial score (nSPS) is 26.0. The molecule has 1 saturated carbocycles. The van der Waals surface area contributed by atoms with Crippen molar-refractivity contribution in [2.24, 2.45) is 5.41 Å². The second-order valence-electron chi connectivity index (χ2n) is 12.8.